The third kappa shape index (κ3) is 7.72. The first-order valence-electron chi connectivity index (χ1n) is 13.9. The number of hydrogen-bond donors (Lipinski definition) is 1. The number of ether oxygens (including phenoxy) is 1. The normalized spacial score (nSPS) is 20.1. The molecule has 2 aliphatic rings. The van der Waals surface area contributed by atoms with Crippen LogP contribution in [0.25, 0.3) is 0 Å². The molecule has 2 aliphatic heterocycles. The summed E-state index contributed by atoms with van der Waals surface area (Å²) in [6.45, 7) is 2.97. The molecule has 2 aromatic carbocycles. The molecule has 0 spiro atoms. The van der Waals surface area contributed by atoms with E-state index >= 15 is 0 Å². The Labute approximate surface area is 256 Å². The zero-order valence-electron chi connectivity index (χ0n) is 22.9. The highest BCUT2D eigenvalue weighted by molar-refractivity contribution is 14.1. The van der Waals surface area contributed by atoms with Crippen molar-refractivity contribution in [3.8, 4) is 11.8 Å². The summed E-state index contributed by atoms with van der Waals surface area (Å²) in [6, 6.07) is 16.8. The summed E-state index contributed by atoms with van der Waals surface area (Å²) in [7, 11) is 0. The number of anilines is 1. The van der Waals surface area contributed by atoms with Crippen molar-refractivity contribution in [3.63, 3.8) is 0 Å². The van der Waals surface area contributed by atoms with Gasteiger partial charge >= 0.3 is 6.18 Å². The molecule has 2 unspecified atom stereocenters. The lowest BCUT2D eigenvalue weighted by Crippen LogP contribution is -2.47. The number of alkyl halides is 4. The second-order valence-electron chi connectivity index (χ2n) is 10.7. The molecule has 3 aromatic rings. The Kier molecular flexibility index (Phi) is 9.53. The topological polar surface area (TPSA) is 81.5 Å². The van der Waals surface area contributed by atoms with Crippen molar-refractivity contribution in [2.45, 2.75) is 54.6 Å². The van der Waals surface area contributed by atoms with Gasteiger partial charge in [0.2, 0.25) is 0 Å². The minimum absolute atomic E-state index is 0.0516. The Balaban J connectivity index is 1.09. The summed E-state index contributed by atoms with van der Waals surface area (Å²) in [5, 5.41) is 12.2. The van der Waals surface area contributed by atoms with Crippen molar-refractivity contribution in [1.82, 2.24) is 15.2 Å². The largest absolute Gasteiger partial charge is 0.489 e. The number of nitrogens with one attached hydrogen (secondary N) is 1. The fourth-order valence-corrected chi connectivity index (χ4v) is 6.44. The van der Waals surface area contributed by atoms with Gasteiger partial charge in [-0.2, -0.15) is 18.4 Å². The average Bonchev–Trinajstić information content (AvgIpc) is 2.99. The number of piperidine rings is 2. The molecule has 2 atom stereocenters. The third-order valence-corrected chi connectivity index (χ3v) is 9.02. The first kappa shape index (κ1) is 30.1. The molecule has 11 heteroatoms. The fraction of sp³-hybridized carbons (Fsp3) is 0.387. The molecule has 3 heterocycles. The van der Waals surface area contributed by atoms with E-state index in [1.165, 1.54) is 18.3 Å². The van der Waals surface area contributed by atoms with Crippen LogP contribution in [-0.2, 0) is 12.7 Å². The van der Waals surface area contributed by atoms with Gasteiger partial charge in [-0.1, -0.05) is 34.7 Å². The molecule has 2 saturated heterocycles. The Morgan fingerprint density at radius 1 is 1.05 bits per heavy atom. The second kappa shape index (κ2) is 13.3. The van der Waals surface area contributed by atoms with Gasteiger partial charge in [0.15, 0.2) is 0 Å². The lowest BCUT2D eigenvalue weighted by atomic mass is 10.0. The quantitative estimate of drug-likeness (QED) is 0.182. The highest BCUT2D eigenvalue weighted by Crippen LogP contribution is 2.31. The Morgan fingerprint density at radius 3 is 2.40 bits per heavy atom. The van der Waals surface area contributed by atoms with E-state index in [9.17, 15) is 18.0 Å². The number of benzene rings is 2. The number of nitriles is 1. The summed E-state index contributed by atoms with van der Waals surface area (Å²) in [4.78, 5) is 21.7. The standard InChI is InChI=1S/C31H31F3IN5O2/c32-31(33,34)24-5-7-26(8-6-24)39-13-10-27(11-14-39)42-28-15-23(18-37-19-28)30(41)38-25-9-12-40(29(35)16-25)20-22-3-1-21(17-36)2-4-22/h1-8,15,18-19,25,27,29H,9-14,16,20H2,(H,38,41). The van der Waals surface area contributed by atoms with Crippen molar-refractivity contribution in [2.24, 2.45) is 0 Å². The van der Waals surface area contributed by atoms with Crippen LogP contribution < -0.4 is 15.0 Å². The van der Waals surface area contributed by atoms with E-state index in [0.29, 0.717) is 42.8 Å². The van der Waals surface area contributed by atoms with Gasteiger partial charge in [-0.3, -0.25) is 14.7 Å². The maximum atomic E-state index is 13.1. The van der Waals surface area contributed by atoms with Gasteiger partial charge < -0.3 is 15.0 Å². The summed E-state index contributed by atoms with van der Waals surface area (Å²) >= 11 is 2.42. The summed E-state index contributed by atoms with van der Waals surface area (Å²) in [6.07, 6.45) is 1.79. The van der Waals surface area contributed by atoms with Gasteiger partial charge in [0.1, 0.15) is 11.9 Å². The van der Waals surface area contributed by atoms with E-state index in [-0.39, 0.29) is 22.1 Å². The van der Waals surface area contributed by atoms with E-state index in [1.807, 2.05) is 24.3 Å². The number of carbonyl (C=O) groups excluding carboxylic acids is 1. The lowest BCUT2D eigenvalue weighted by Gasteiger charge is -2.37. The number of carbonyl (C=O) groups is 1. The first-order valence-corrected chi connectivity index (χ1v) is 15.1. The van der Waals surface area contributed by atoms with Crippen LogP contribution >= 0.6 is 22.6 Å². The molecular formula is C31H31F3IN5O2. The van der Waals surface area contributed by atoms with E-state index in [4.69, 9.17) is 10.00 Å². The number of nitrogens with zero attached hydrogens (tertiary/aromatic N) is 4. The van der Waals surface area contributed by atoms with E-state index in [1.54, 1.807) is 12.3 Å². The fourth-order valence-electron chi connectivity index (χ4n) is 5.35. The molecule has 5 rings (SSSR count). The molecule has 7 nitrogen and oxygen atoms in total. The van der Waals surface area contributed by atoms with Crippen molar-refractivity contribution >= 4 is 34.2 Å². The molecule has 0 radical (unpaired) electrons. The number of aromatic nitrogens is 1. The van der Waals surface area contributed by atoms with E-state index in [0.717, 1.165) is 49.3 Å². The van der Waals surface area contributed by atoms with Gasteiger partial charge in [0.05, 0.1) is 33.0 Å². The van der Waals surface area contributed by atoms with Crippen LogP contribution in [-0.4, -0.2) is 51.6 Å². The predicted molar refractivity (Wildman–Crippen MR) is 161 cm³/mol. The van der Waals surface area contributed by atoms with Crippen molar-refractivity contribution in [2.75, 3.05) is 24.5 Å². The minimum Gasteiger partial charge on any atom is -0.489 e. The van der Waals surface area contributed by atoms with E-state index < -0.39 is 11.7 Å². The molecule has 2 fully saturated rings. The monoisotopic (exact) mass is 689 g/mol. The molecule has 42 heavy (non-hydrogen) atoms. The SMILES string of the molecule is N#Cc1ccc(CN2CCC(NC(=O)c3cncc(OC4CCN(c5ccc(C(F)(F)F)cc5)CC4)c3)CC2I)cc1. The third-order valence-electron chi connectivity index (χ3n) is 7.72. The zero-order chi connectivity index (χ0) is 29.7. The molecule has 0 aliphatic carbocycles. The zero-order valence-corrected chi connectivity index (χ0v) is 25.0. The van der Waals surface area contributed by atoms with Crippen LogP contribution in [0.4, 0.5) is 18.9 Å². The average molecular weight is 690 g/mol. The number of rotatable bonds is 7. The molecule has 1 N–H and O–H groups in total. The highest BCUT2D eigenvalue weighted by atomic mass is 127. The summed E-state index contributed by atoms with van der Waals surface area (Å²) in [5.41, 5.74) is 2.36. The molecule has 0 bridgehead atoms. The maximum Gasteiger partial charge on any atom is 0.416 e. The van der Waals surface area contributed by atoms with Crippen molar-refractivity contribution < 1.29 is 22.7 Å². The van der Waals surface area contributed by atoms with Gasteiger partial charge in [-0.15, -0.1) is 0 Å². The van der Waals surface area contributed by atoms with Crippen LogP contribution in [0.2, 0.25) is 0 Å². The van der Waals surface area contributed by atoms with Crippen LogP contribution in [0.1, 0.15) is 52.7 Å². The number of hydrogen-bond acceptors (Lipinski definition) is 6. The van der Waals surface area contributed by atoms with Crippen molar-refractivity contribution in [3.05, 3.63) is 89.2 Å². The first-order chi connectivity index (χ1) is 20.2. The highest BCUT2D eigenvalue weighted by Gasteiger charge is 2.31. The second-order valence-corrected chi connectivity index (χ2v) is 12.1. The molecule has 1 amide bonds. The van der Waals surface area contributed by atoms with Gasteiger partial charge in [0, 0.05) is 56.9 Å². The van der Waals surface area contributed by atoms with Gasteiger partial charge in [-0.05, 0) is 60.9 Å². The number of amides is 1. The maximum absolute atomic E-state index is 13.1. The molecule has 0 saturated carbocycles. The van der Waals surface area contributed by atoms with Crippen LogP contribution in [0, 0.1) is 11.3 Å². The minimum atomic E-state index is -4.34. The van der Waals surface area contributed by atoms with Gasteiger partial charge in [-0.25, -0.2) is 0 Å². The lowest BCUT2D eigenvalue weighted by molar-refractivity contribution is -0.137. The predicted octanol–water partition coefficient (Wildman–Crippen LogP) is 6.18. The Hall–Kier alpha value is -3.37. The summed E-state index contributed by atoms with van der Waals surface area (Å²) < 4.78 is 45.0. The number of halogens is 4. The van der Waals surface area contributed by atoms with Crippen LogP contribution in [0.5, 0.6) is 5.75 Å². The van der Waals surface area contributed by atoms with Crippen LogP contribution in [0.3, 0.4) is 0 Å². The van der Waals surface area contributed by atoms with E-state index in [2.05, 4.69) is 48.8 Å². The Bertz CT molecular complexity index is 1400. The van der Waals surface area contributed by atoms with Crippen molar-refractivity contribution in [1.29, 1.82) is 5.26 Å². The number of likely N-dealkylation sites (tertiary alicyclic amines) is 1. The molecule has 1 aromatic heterocycles. The molecular weight excluding hydrogens is 658 g/mol. The van der Waals surface area contributed by atoms with Crippen LogP contribution in [0.15, 0.2) is 67.0 Å². The summed E-state index contributed by atoms with van der Waals surface area (Å²) in [5.74, 6) is 0.346. The smallest absolute Gasteiger partial charge is 0.416 e. The number of pyridine rings is 1. The molecule has 220 valence electrons. The Morgan fingerprint density at radius 2 is 1.76 bits per heavy atom. The van der Waals surface area contributed by atoms with Gasteiger partial charge in [0.25, 0.3) is 5.91 Å².